The van der Waals surface area contributed by atoms with Gasteiger partial charge < -0.3 is 19.3 Å². The standard InChI is InChI=1S/C20H18O5/c1-23-16-10-13(11-17(24-2)20(16)25-3)19(22)18-14-7-5-4-6-12(14)8-9-15(18)21/h4-11,21H,1-3H3. The number of methoxy groups -OCH3 is 3. The van der Waals surface area contributed by atoms with Crippen LogP contribution in [0.4, 0.5) is 0 Å². The number of carbonyl (C=O) groups excluding carboxylic acids is 1. The highest BCUT2D eigenvalue weighted by Crippen LogP contribution is 2.39. The van der Waals surface area contributed by atoms with Gasteiger partial charge in [0.05, 0.1) is 26.9 Å². The van der Waals surface area contributed by atoms with Crippen LogP contribution in [-0.2, 0) is 0 Å². The maximum absolute atomic E-state index is 13.1. The number of phenolic OH excluding ortho intramolecular Hbond substituents is 1. The van der Waals surface area contributed by atoms with Crippen molar-refractivity contribution in [1.82, 2.24) is 0 Å². The van der Waals surface area contributed by atoms with Crippen LogP contribution in [0.25, 0.3) is 10.8 Å². The first-order valence-electron chi connectivity index (χ1n) is 7.66. The summed E-state index contributed by atoms with van der Waals surface area (Å²) in [5, 5.41) is 11.8. The lowest BCUT2D eigenvalue weighted by Gasteiger charge is -2.14. The van der Waals surface area contributed by atoms with E-state index >= 15 is 0 Å². The molecule has 25 heavy (non-hydrogen) atoms. The van der Waals surface area contributed by atoms with E-state index in [-0.39, 0.29) is 17.1 Å². The van der Waals surface area contributed by atoms with Crippen LogP contribution < -0.4 is 14.2 Å². The number of aromatic hydroxyl groups is 1. The van der Waals surface area contributed by atoms with Crippen molar-refractivity contribution < 1.29 is 24.1 Å². The van der Waals surface area contributed by atoms with E-state index in [1.165, 1.54) is 27.4 Å². The predicted octanol–water partition coefficient (Wildman–Crippen LogP) is 3.80. The fourth-order valence-electron chi connectivity index (χ4n) is 2.86. The highest BCUT2D eigenvalue weighted by atomic mass is 16.5. The number of benzene rings is 3. The van der Waals surface area contributed by atoms with Gasteiger partial charge in [-0.2, -0.15) is 0 Å². The lowest BCUT2D eigenvalue weighted by atomic mass is 9.96. The minimum Gasteiger partial charge on any atom is -0.507 e. The number of hydrogen-bond acceptors (Lipinski definition) is 5. The van der Waals surface area contributed by atoms with Crippen molar-refractivity contribution in [3.63, 3.8) is 0 Å². The first kappa shape index (κ1) is 16.6. The molecule has 0 bridgehead atoms. The molecule has 0 atom stereocenters. The monoisotopic (exact) mass is 338 g/mol. The molecule has 0 aliphatic rings. The zero-order valence-electron chi connectivity index (χ0n) is 14.2. The van der Waals surface area contributed by atoms with Crippen molar-refractivity contribution in [1.29, 1.82) is 0 Å². The number of ether oxygens (including phenoxy) is 3. The summed E-state index contributed by atoms with van der Waals surface area (Å²) in [6.45, 7) is 0. The van der Waals surface area contributed by atoms with Gasteiger partial charge in [-0.25, -0.2) is 0 Å². The number of hydrogen-bond donors (Lipinski definition) is 1. The molecule has 0 aliphatic carbocycles. The molecule has 3 aromatic rings. The van der Waals surface area contributed by atoms with E-state index in [2.05, 4.69) is 0 Å². The average molecular weight is 338 g/mol. The van der Waals surface area contributed by atoms with E-state index in [1.807, 2.05) is 18.2 Å². The average Bonchev–Trinajstić information content (AvgIpc) is 2.66. The van der Waals surface area contributed by atoms with Crippen LogP contribution in [0.1, 0.15) is 15.9 Å². The fraction of sp³-hybridized carbons (Fsp3) is 0.150. The van der Waals surface area contributed by atoms with E-state index in [9.17, 15) is 9.90 Å². The van der Waals surface area contributed by atoms with Gasteiger partial charge >= 0.3 is 0 Å². The maximum atomic E-state index is 13.1. The van der Waals surface area contributed by atoms with E-state index in [4.69, 9.17) is 14.2 Å². The fourth-order valence-corrected chi connectivity index (χ4v) is 2.86. The molecular formula is C20H18O5. The van der Waals surface area contributed by atoms with E-state index in [0.29, 0.717) is 28.2 Å². The molecule has 0 aromatic heterocycles. The summed E-state index contributed by atoms with van der Waals surface area (Å²) < 4.78 is 15.9. The van der Waals surface area contributed by atoms with E-state index in [0.717, 1.165) is 5.39 Å². The summed E-state index contributed by atoms with van der Waals surface area (Å²) in [5.74, 6) is 0.768. The number of carbonyl (C=O) groups is 1. The van der Waals surface area contributed by atoms with Crippen LogP contribution in [0, 0.1) is 0 Å². The molecule has 0 aliphatic heterocycles. The Morgan fingerprint density at radius 2 is 1.52 bits per heavy atom. The largest absolute Gasteiger partial charge is 0.507 e. The van der Waals surface area contributed by atoms with Gasteiger partial charge in [-0.3, -0.25) is 4.79 Å². The lowest BCUT2D eigenvalue weighted by Crippen LogP contribution is -2.05. The third kappa shape index (κ3) is 2.85. The molecule has 0 radical (unpaired) electrons. The Balaban J connectivity index is 2.21. The molecule has 5 nitrogen and oxygen atoms in total. The third-order valence-corrected chi connectivity index (χ3v) is 4.06. The lowest BCUT2D eigenvalue weighted by molar-refractivity contribution is 0.103. The normalized spacial score (nSPS) is 10.5. The summed E-state index contributed by atoms with van der Waals surface area (Å²) in [6, 6.07) is 13.8. The highest BCUT2D eigenvalue weighted by Gasteiger charge is 2.21. The van der Waals surface area contributed by atoms with Crippen LogP contribution in [0.15, 0.2) is 48.5 Å². The van der Waals surface area contributed by atoms with Crippen molar-refractivity contribution in [2.75, 3.05) is 21.3 Å². The quantitative estimate of drug-likeness (QED) is 0.717. The second-order valence-corrected chi connectivity index (χ2v) is 5.42. The SMILES string of the molecule is COc1cc(C(=O)c2c(O)ccc3ccccc23)cc(OC)c1OC. The Hall–Kier alpha value is -3.21. The molecule has 0 fully saturated rings. The minimum atomic E-state index is -0.325. The molecule has 0 saturated carbocycles. The summed E-state index contributed by atoms with van der Waals surface area (Å²) in [5.41, 5.74) is 0.577. The van der Waals surface area contributed by atoms with Crippen LogP contribution >= 0.6 is 0 Å². The van der Waals surface area contributed by atoms with Gasteiger partial charge in [-0.1, -0.05) is 30.3 Å². The maximum Gasteiger partial charge on any atom is 0.203 e. The van der Waals surface area contributed by atoms with Crippen LogP contribution in [0.3, 0.4) is 0 Å². The van der Waals surface area contributed by atoms with Gasteiger partial charge in [0, 0.05) is 5.56 Å². The molecule has 128 valence electrons. The number of ketones is 1. The summed E-state index contributed by atoms with van der Waals surface area (Å²) in [6.07, 6.45) is 0. The van der Waals surface area contributed by atoms with Gasteiger partial charge in [0.15, 0.2) is 17.3 Å². The van der Waals surface area contributed by atoms with Crippen molar-refractivity contribution in [2.24, 2.45) is 0 Å². The third-order valence-electron chi connectivity index (χ3n) is 4.06. The van der Waals surface area contributed by atoms with Crippen LogP contribution in [-0.4, -0.2) is 32.2 Å². The van der Waals surface area contributed by atoms with Gasteiger partial charge in [0.25, 0.3) is 0 Å². The van der Waals surface area contributed by atoms with E-state index < -0.39 is 0 Å². The van der Waals surface area contributed by atoms with Crippen molar-refractivity contribution in [2.45, 2.75) is 0 Å². The highest BCUT2D eigenvalue weighted by molar-refractivity contribution is 6.18. The number of rotatable bonds is 5. The van der Waals surface area contributed by atoms with Crippen LogP contribution in [0.2, 0.25) is 0 Å². The molecular weight excluding hydrogens is 320 g/mol. The Labute approximate surface area is 145 Å². The van der Waals surface area contributed by atoms with Crippen molar-refractivity contribution >= 4 is 16.6 Å². The van der Waals surface area contributed by atoms with E-state index in [1.54, 1.807) is 24.3 Å². The summed E-state index contributed by atoms with van der Waals surface area (Å²) in [4.78, 5) is 13.1. The predicted molar refractivity (Wildman–Crippen MR) is 95.1 cm³/mol. The zero-order valence-corrected chi connectivity index (χ0v) is 14.2. The topological polar surface area (TPSA) is 65.0 Å². The molecule has 5 heteroatoms. The molecule has 0 spiro atoms. The molecule has 1 N–H and O–H groups in total. The zero-order chi connectivity index (χ0) is 18.0. The number of fused-ring (bicyclic) bond motifs is 1. The molecule has 0 unspecified atom stereocenters. The summed E-state index contributed by atoms with van der Waals surface area (Å²) in [7, 11) is 4.47. The molecule has 0 amide bonds. The second kappa shape index (κ2) is 6.73. The first-order valence-corrected chi connectivity index (χ1v) is 7.66. The van der Waals surface area contributed by atoms with Gasteiger partial charge in [-0.15, -0.1) is 0 Å². The summed E-state index contributed by atoms with van der Waals surface area (Å²) >= 11 is 0. The van der Waals surface area contributed by atoms with Crippen molar-refractivity contribution in [3.05, 3.63) is 59.7 Å². The molecule has 3 aromatic carbocycles. The van der Waals surface area contributed by atoms with Gasteiger partial charge in [0.1, 0.15) is 5.75 Å². The Morgan fingerprint density at radius 1 is 0.880 bits per heavy atom. The van der Waals surface area contributed by atoms with Gasteiger partial charge in [0.2, 0.25) is 5.75 Å². The molecule has 3 rings (SSSR count). The second-order valence-electron chi connectivity index (χ2n) is 5.42. The molecule has 0 saturated heterocycles. The Morgan fingerprint density at radius 3 is 2.12 bits per heavy atom. The Kier molecular flexibility index (Phi) is 4.48. The smallest absolute Gasteiger partial charge is 0.203 e. The van der Waals surface area contributed by atoms with Gasteiger partial charge in [-0.05, 0) is 29.0 Å². The number of phenols is 1. The van der Waals surface area contributed by atoms with Crippen molar-refractivity contribution in [3.8, 4) is 23.0 Å². The van der Waals surface area contributed by atoms with Crippen LogP contribution in [0.5, 0.6) is 23.0 Å². The molecule has 0 heterocycles. The Bertz CT molecular complexity index is 921. The minimum absolute atomic E-state index is 0.0718. The first-order chi connectivity index (χ1) is 12.1.